The van der Waals surface area contributed by atoms with Gasteiger partial charge in [-0.1, -0.05) is 13.3 Å². The summed E-state index contributed by atoms with van der Waals surface area (Å²) in [6, 6.07) is -1.18. The number of carbonyl (C=O) groups excluding carboxylic acids is 2. The summed E-state index contributed by atoms with van der Waals surface area (Å²) in [7, 11) is 1.86. The number of hydrogen-bond acceptors (Lipinski definition) is 3. The SMILES string of the molecule is CCC[C@@H](NC(N)=O)C(=O)NCCCNC.Cl. The Hall–Kier alpha value is -1.01. The third-order valence-corrected chi connectivity index (χ3v) is 2.11. The molecule has 0 heterocycles. The molecular weight excluding hydrogens is 244 g/mol. The molecule has 0 aliphatic heterocycles. The first-order valence-corrected chi connectivity index (χ1v) is 5.60. The van der Waals surface area contributed by atoms with Crippen molar-refractivity contribution in [1.82, 2.24) is 16.0 Å². The van der Waals surface area contributed by atoms with Crippen LogP contribution in [0.3, 0.4) is 0 Å². The summed E-state index contributed by atoms with van der Waals surface area (Å²) < 4.78 is 0. The Morgan fingerprint density at radius 2 is 1.94 bits per heavy atom. The molecule has 0 saturated heterocycles. The molecule has 0 fully saturated rings. The fourth-order valence-corrected chi connectivity index (χ4v) is 1.33. The van der Waals surface area contributed by atoms with Crippen LogP contribution in [0.5, 0.6) is 0 Å². The van der Waals surface area contributed by atoms with Gasteiger partial charge >= 0.3 is 6.03 Å². The Balaban J connectivity index is 0. The van der Waals surface area contributed by atoms with Crippen molar-refractivity contribution < 1.29 is 9.59 Å². The van der Waals surface area contributed by atoms with Crippen molar-refractivity contribution in [2.24, 2.45) is 5.73 Å². The molecular formula is C10H23ClN4O2. The first kappa shape index (κ1) is 18.4. The molecule has 102 valence electrons. The lowest BCUT2D eigenvalue weighted by Crippen LogP contribution is -2.48. The van der Waals surface area contributed by atoms with Gasteiger partial charge in [-0.05, 0) is 26.4 Å². The zero-order valence-corrected chi connectivity index (χ0v) is 11.2. The van der Waals surface area contributed by atoms with Crippen LogP contribution in [0, 0.1) is 0 Å². The molecule has 6 nitrogen and oxygen atoms in total. The topological polar surface area (TPSA) is 96.2 Å². The van der Waals surface area contributed by atoms with Crippen LogP contribution in [0.25, 0.3) is 0 Å². The molecule has 0 spiro atoms. The van der Waals surface area contributed by atoms with Crippen molar-refractivity contribution in [3.8, 4) is 0 Å². The maximum atomic E-state index is 11.6. The van der Waals surface area contributed by atoms with E-state index in [0.29, 0.717) is 13.0 Å². The van der Waals surface area contributed by atoms with Gasteiger partial charge in [-0.3, -0.25) is 4.79 Å². The molecule has 7 heteroatoms. The number of halogens is 1. The number of nitrogens with one attached hydrogen (secondary N) is 3. The number of rotatable bonds is 8. The van der Waals surface area contributed by atoms with Gasteiger partial charge in [-0.25, -0.2) is 4.79 Å². The van der Waals surface area contributed by atoms with Gasteiger partial charge < -0.3 is 21.7 Å². The number of hydrogen-bond donors (Lipinski definition) is 4. The van der Waals surface area contributed by atoms with E-state index >= 15 is 0 Å². The lowest BCUT2D eigenvalue weighted by Gasteiger charge is -2.16. The van der Waals surface area contributed by atoms with E-state index in [9.17, 15) is 9.59 Å². The average molecular weight is 267 g/mol. The maximum absolute atomic E-state index is 11.6. The van der Waals surface area contributed by atoms with Gasteiger partial charge in [0.05, 0.1) is 0 Å². The first-order valence-electron chi connectivity index (χ1n) is 5.60. The predicted molar refractivity (Wildman–Crippen MR) is 70.2 cm³/mol. The normalized spacial score (nSPS) is 11.2. The van der Waals surface area contributed by atoms with E-state index in [1.807, 2.05) is 14.0 Å². The molecule has 0 unspecified atom stereocenters. The second kappa shape index (κ2) is 11.5. The van der Waals surface area contributed by atoms with E-state index in [0.717, 1.165) is 19.4 Å². The van der Waals surface area contributed by atoms with Crippen LogP contribution in [-0.2, 0) is 4.79 Å². The summed E-state index contributed by atoms with van der Waals surface area (Å²) in [6.07, 6.45) is 2.27. The minimum absolute atomic E-state index is 0. The molecule has 0 bridgehead atoms. The average Bonchev–Trinajstić information content (AvgIpc) is 2.23. The molecule has 0 aliphatic carbocycles. The first-order chi connectivity index (χ1) is 7.61. The molecule has 0 radical (unpaired) electrons. The van der Waals surface area contributed by atoms with E-state index < -0.39 is 12.1 Å². The van der Waals surface area contributed by atoms with E-state index in [1.165, 1.54) is 0 Å². The Morgan fingerprint density at radius 3 is 2.41 bits per heavy atom. The van der Waals surface area contributed by atoms with Gasteiger partial charge in [0.15, 0.2) is 0 Å². The van der Waals surface area contributed by atoms with Crippen molar-refractivity contribution >= 4 is 24.3 Å². The number of carbonyl (C=O) groups is 2. The number of primary amides is 1. The Morgan fingerprint density at radius 1 is 1.29 bits per heavy atom. The second-order valence-corrected chi connectivity index (χ2v) is 3.60. The summed E-state index contributed by atoms with van der Waals surface area (Å²) in [5.74, 6) is -0.170. The highest BCUT2D eigenvalue weighted by molar-refractivity contribution is 5.86. The van der Waals surface area contributed by atoms with Crippen LogP contribution in [0.2, 0.25) is 0 Å². The van der Waals surface area contributed by atoms with Gasteiger partial charge in [0.1, 0.15) is 6.04 Å². The lowest BCUT2D eigenvalue weighted by molar-refractivity contribution is -0.123. The zero-order chi connectivity index (χ0) is 12.4. The van der Waals surface area contributed by atoms with Gasteiger partial charge in [0.2, 0.25) is 5.91 Å². The predicted octanol–water partition coefficient (Wildman–Crippen LogP) is -0.0291. The van der Waals surface area contributed by atoms with Crippen LogP contribution < -0.4 is 21.7 Å². The van der Waals surface area contributed by atoms with Crippen LogP contribution >= 0.6 is 12.4 Å². The van der Waals surface area contributed by atoms with E-state index in [2.05, 4.69) is 16.0 Å². The molecule has 3 amide bonds. The highest BCUT2D eigenvalue weighted by atomic mass is 35.5. The van der Waals surface area contributed by atoms with Gasteiger partial charge in [-0.15, -0.1) is 12.4 Å². The molecule has 0 aliphatic rings. The monoisotopic (exact) mass is 266 g/mol. The lowest BCUT2D eigenvalue weighted by atomic mass is 10.1. The van der Waals surface area contributed by atoms with Crippen molar-refractivity contribution in [2.75, 3.05) is 20.1 Å². The fraction of sp³-hybridized carbons (Fsp3) is 0.800. The summed E-state index contributed by atoms with van der Waals surface area (Å²) in [4.78, 5) is 22.3. The molecule has 1 atom stereocenters. The summed E-state index contributed by atoms with van der Waals surface area (Å²) >= 11 is 0. The van der Waals surface area contributed by atoms with E-state index in [4.69, 9.17) is 5.73 Å². The second-order valence-electron chi connectivity index (χ2n) is 3.60. The van der Waals surface area contributed by atoms with E-state index in [1.54, 1.807) is 0 Å². The third-order valence-electron chi connectivity index (χ3n) is 2.11. The number of urea groups is 1. The van der Waals surface area contributed by atoms with Crippen LogP contribution in [0.4, 0.5) is 4.79 Å². The Labute approximate surface area is 108 Å². The van der Waals surface area contributed by atoms with Gasteiger partial charge in [0.25, 0.3) is 0 Å². The van der Waals surface area contributed by atoms with Crippen molar-refractivity contribution in [1.29, 1.82) is 0 Å². The van der Waals surface area contributed by atoms with Crippen molar-refractivity contribution in [2.45, 2.75) is 32.2 Å². The molecule has 5 N–H and O–H groups in total. The maximum Gasteiger partial charge on any atom is 0.312 e. The molecule has 0 rings (SSSR count). The summed E-state index contributed by atoms with van der Waals surface area (Å²) in [5, 5.41) is 8.18. The molecule has 17 heavy (non-hydrogen) atoms. The van der Waals surface area contributed by atoms with Crippen molar-refractivity contribution in [3.63, 3.8) is 0 Å². The Bertz CT molecular complexity index is 226. The van der Waals surface area contributed by atoms with Crippen molar-refractivity contribution in [3.05, 3.63) is 0 Å². The molecule has 0 saturated carbocycles. The fourth-order valence-electron chi connectivity index (χ4n) is 1.33. The molecule has 0 aromatic carbocycles. The minimum atomic E-state index is -0.663. The summed E-state index contributed by atoms with van der Waals surface area (Å²) in [5.41, 5.74) is 5.00. The minimum Gasteiger partial charge on any atom is -0.354 e. The molecule has 0 aromatic rings. The summed E-state index contributed by atoms with van der Waals surface area (Å²) in [6.45, 7) is 3.40. The highest BCUT2D eigenvalue weighted by Crippen LogP contribution is 1.96. The third kappa shape index (κ3) is 9.89. The Kier molecular flexibility index (Phi) is 12.4. The number of nitrogens with two attached hydrogens (primary N) is 1. The quantitative estimate of drug-likeness (QED) is 0.465. The smallest absolute Gasteiger partial charge is 0.312 e. The standard InChI is InChI=1S/C10H22N4O2.ClH/c1-3-5-8(14-10(11)16)9(15)13-7-4-6-12-2;/h8,12H,3-7H2,1-2H3,(H,13,15)(H3,11,14,16);1H/t8-;/m1./s1. The molecule has 0 aromatic heterocycles. The van der Waals surface area contributed by atoms with Crippen LogP contribution in [0.15, 0.2) is 0 Å². The number of amides is 3. The highest BCUT2D eigenvalue weighted by Gasteiger charge is 2.17. The largest absolute Gasteiger partial charge is 0.354 e. The van der Waals surface area contributed by atoms with Gasteiger partial charge in [-0.2, -0.15) is 0 Å². The van der Waals surface area contributed by atoms with Crippen LogP contribution in [-0.4, -0.2) is 38.1 Å². The van der Waals surface area contributed by atoms with E-state index in [-0.39, 0.29) is 18.3 Å². The zero-order valence-electron chi connectivity index (χ0n) is 10.4. The van der Waals surface area contributed by atoms with Crippen LogP contribution in [0.1, 0.15) is 26.2 Å². The van der Waals surface area contributed by atoms with Gasteiger partial charge in [0, 0.05) is 6.54 Å².